The molecule has 1 aromatic rings. The van der Waals surface area contributed by atoms with Gasteiger partial charge in [-0.2, -0.15) is 0 Å². The maximum absolute atomic E-state index is 13.1. The lowest BCUT2D eigenvalue weighted by Gasteiger charge is -2.22. The summed E-state index contributed by atoms with van der Waals surface area (Å²) in [4.78, 5) is 2.24. The molecule has 0 amide bonds. The van der Waals surface area contributed by atoms with E-state index < -0.39 is 15.8 Å². The van der Waals surface area contributed by atoms with Crippen LogP contribution in [0.3, 0.4) is 0 Å². The number of sulfonamides is 1. The van der Waals surface area contributed by atoms with Gasteiger partial charge in [0.05, 0.1) is 9.92 Å². The van der Waals surface area contributed by atoms with Gasteiger partial charge in [-0.05, 0) is 44.1 Å². The summed E-state index contributed by atoms with van der Waals surface area (Å²) in [5, 5.41) is -0.191. The second kappa shape index (κ2) is 6.39. The molecule has 0 spiro atoms. The van der Waals surface area contributed by atoms with Gasteiger partial charge in [0, 0.05) is 12.6 Å². The third-order valence-electron chi connectivity index (χ3n) is 3.62. The predicted molar refractivity (Wildman–Crippen MR) is 76.9 cm³/mol. The van der Waals surface area contributed by atoms with Crippen molar-refractivity contribution in [1.82, 2.24) is 9.62 Å². The average Bonchev–Trinajstić information content (AvgIpc) is 2.87. The van der Waals surface area contributed by atoms with Gasteiger partial charge in [0.25, 0.3) is 0 Å². The molecule has 1 fully saturated rings. The van der Waals surface area contributed by atoms with Crippen LogP contribution in [0.1, 0.15) is 19.8 Å². The van der Waals surface area contributed by atoms with E-state index in [9.17, 15) is 12.8 Å². The Morgan fingerprint density at radius 3 is 2.90 bits per heavy atom. The maximum atomic E-state index is 13.1. The van der Waals surface area contributed by atoms with E-state index in [0.717, 1.165) is 38.1 Å². The molecule has 2 rings (SSSR count). The average molecular weight is 321 g/mol. The molecule has 1 atom stereocenters. The summed E-state index contributed by atoms with van der Waals surface area (Å²) in [5.41, 5.74) is 0. The van der Waals surface area contributed by atoms with Gasteiger partial charge in [0.15, 0.2) is 0 Å². The second-order valence-electron chi connectivity index (χ2n) is 4.85. The lowest BCUT2D eigenvalue weighted by molar-refractivity contribution is 0.268. The molecule has 0 aliphatic carbocycles. The van der Waals surface area contributed by atoms with E-state index in [0.29, 0.717) is 6.54 Å². The number of hydrogen-bond donors (Lipinski definition) is 1. The number of nitrogens with one attached hydrogen (secondary N) is 1. The van der Waals surface area contributed by atoms with Crippen molar-refractivity contribution >= 4 is 21.6 Å². The Hall–Kier alpha value is -0.690. The molecular weight excluding hydrogens is 303 g/mol. The molecule has 7 heteroatoms. The largest absolute Gasteiger partial charge is 0.299 e. The van der Waals surface area contributed by atoms with Crippen molar-refractivity contribution in [2.75, 3.05) is 19.6 Å². The molecule has 4 nitrogen and oxygen atoms in total. The summed E-state index contributed by atoms with van der Waals surface area (Å²) in [6, 6.07) is 3.64. The molecular formula is C13H18ClFN2O2S. The molecule has 1 saturated heterocycles. The van der Waals surface area contributed by atoms with Gasteiger partial charge in [-0.15, -0.1) is 0 Å². The van der Waals surface area contributed by atoms with Crippen LogP contribution in [0.4, 0.5) is 4.39 Å². The van der Waals surface area contributed by atoms with E-state index in [-0.39, 0.29) is 16.0 Å². The summed E-state index contributed by atoms with van der Waals surface area (Å²) in [6.45, 7) is 4.35. The van der Waals surface area contributed by atoms with E-state index in [2.05, 4.69) is 16.5 Å². The van der Waals surface area contributed by atoms with E-state index >= 15 is 0 Å². The molecule has 1 aliphatic heterocycles. The Morgan fingerprint density at radius 1 is 1.50 bits per heavy atom. The molecule has 1 aliphatic rings. The maximum Gasteiger partial charge on any atom is 0.240 e. The van der Waals surface area contributed by atoms with Gasteiger partial charge in [-0.25, -0.2) is 17.5 Å². The topological polar surface area (TPSA) is 49.4 Å². The van der Waals surface area contributed by atoms with Gasteiger partial charge < -0.3 is 0 Å². The van der Waals surface area contributed by atoms with Crippen LogP contribution < -0.4 is 4.72 Å². The zero-order chi connectivity index (χ0) is 14.8. The smallest absolute Gasteiger partial charge is 0.240 e. The van der Waals surface area contributed by atoms with Gasteiger partial charge in [-0.1, -0.05) is 18.5 Å². The number of rotatable bonds is 5. The minimum Gasteiger partial charge on any atom is -0.299 e. The van der Waals surface area contributed by atoms with Gasteiger partial charge in [-0.3, -0.25) is 4.90 Å². The molecule has 1 N–H and O–H groups in total. The lowest BCUT2D eigenvalue weighted by atomic mass is 10.2. The fourth-order valence-electron chi connectivity index (χ4n) is 2.48. The first-order valence-corrected chi connectivity index (χ1v) is 8.49. The molecule has 1 heterocycles. The zero-order valence-electron chi connectivity index (χ0n) is 11.3. The summed E-state index contributed by atoms with van der Waals surface area (Å²) in [6.07, 6.45) is 2.07. The molecule has 0 saturated carbocycles. The number of hydrogen-bond acceptors (Lipinski definition) is 3. The highest BCUT2D eigenvalue weighted by Gasteiger charge is 2.25. The lowest BCUT2D eigenvalue weighted by Crippen LogP contribution is -2.39. The van der Waals surface area contributed by atoms with E-state index in [4.69, 9.17) is 11.6 Å². The van der Waals surface area contributed by atoms with Crippen LogP contribution in [-0.2, 0) is 10.0 Å². The molecule has 0 aromatic heterocycles. The van der Waals surface area contributed by atoms with E-state index in [1.54, 1.807) is 0 Å². The molecule has 1 aromatic carbocycles. The SMILES string of the molecule is CCN1CCC[C@H]1CNS(=O)(=O)c1ccc(F)c(Cl)c1. The Kier molecular flexibility index (Phi) is 5.01. The number of benzene rings is 1. The number of likely N-dealkylation sites (tertiary alicyclic amines) is 1. The zero-order valence-corrected chi connectivity index (χ0v) is 12.8. The van der Waals surface area contributed by atoms with E-state index in [1.165, 1.54) is 6.07 Å². The Bertz CT molecular complexity index is 580. The van der Waals surface area contributed by atoms with Crippen LogP contribution in [0.2, 0.25) is 5.02 Å². The van der Waals surface area contributed by atoms with Crippen LogP contribution in [-0.4, -0.2) is 39.0 Å². The first kappa shape index (κ1) is 15.7. The van der Waals surface area contributed by atoms with Crippen molar-refractivity contribution < 1.29 is 12.8 Å². The number of halogens is 2. The van der Waals surface area contributed by atoms with Crippen LogP contribution in [0, 0.1) is 5.82 Å². The van der Waals surface area contributed by atoms with Crippen LogP contribution in [0.15, 0.2) is 23.1 Å². The summed E-state index contributed by atoms with van der Waals surface area (Å²) in [7, 11) is -3.65. The number of likely N-dealkylation sites (N-methyl/N-ethyl adjacent to an activating group) is 1. The summed E-state index contributed by atoms with van der Waals surface area (Å²) in [5.74, 6) is -0.626. The molecule has 20 heavy (non-hydrogen) atoms. The van der Waals surface area contributed by atoms with Gasteiger partial charge >= 0.3 is 0 Å². The molecule has 0 unspecified atom stereocenters. The van der Waals surface area contributed by atoms with Gasteiger partial charge in [0.1, 0.15) is 5.82 Å². The first-order chi connectivity index (χ1) is 9.44. The standard InChI is InChI=1S/C13H18ClFN2O2S/c1-2-17-7-3-4-10(17)9-16-20(18,19)11-5-6-13(15)12(14)8-11/h5-6,8,10,16H,2-4,7,9H2,1H3/t10-/m0/s1. The van der Waals surface area contributed by atoms with Crippen molar-refractivity contribution in [3.63, 3.8) is 0 Å². The number of nitrogens with zero attached hydrogens (tertiary/aromatic N) is 1. The minimum absolute atomic E-state index is 0.00931. The quantitative estimate of drug-likeness (QED) is 0.905. The van der Waals surface area contributed by atoms with Crippen LogP contribution in [0.5, 0.6) is 0 Å². The normalized spacial score (nSPS) is 20.4. The monoisotopic (exact) mass is 320 g/mol. The fraction of sp³-hybridized carbons (Fsp3) is 0.538. The second-order valence-corrected chi connectivity index (χ2v) is 7.03. The van der Waals surface area contributed by atoms with Crippen LogP contribution in [0.25, 0.3) is 0 Å². The first-order valence-electron chi connectivity index (χ1n) is 6.63. The molecule has 0 radical (unpaired) electrons. The Labute approximate surface area is 124 Å². The van der Waals surface area contributed by atoms with Gasteiger partial charge in [0.2, 0.25) is 10.0 Å². The minimum atomic E-state index is -3.65. The van der Waals surface area contributed by atoms with E-state index in [1.807, 2.05) is 0 Å². The van der Waals surface area contributed by atoms with Crippen molar-refractivity contribution in [3.8, 4) is 0 Å². The van der Waals surface area contributed by atoms with Crippen LogP contribution >= 0.6 is 11.6 Å². The molecule has 112 valence electrons. The molecule has 0 bridgehead atoms. The third-order valence-corrected chi connectivity index (χ3v) is 5.33. The Morgan fingerprint density at radius 2 is 2.25 bits per heavy atom. The highest BCUT2D eigenvalue weighted by Crippen LogP contribution is 2.20. The van der Waals surface area contributed by atoms with Crippen molar-refractivity contribution in [3.05, 3.63) is 29.0 Å². The summed E-state index contributed by atoms with van der Waals surface area (Å²) >= 11 is 5.62. The predicted octanol–water partition coefficient (Wildman–Crippen LogP) is 2.24. The van der Waals surface area contributed by atoms with Crippen molar-refractivity contribution in [2.45, 2.75) is 30.7 Å². The van der Waals surface area contributed by atoms with Crippen molar-refractivity contribution in [1.29, 1.82) is 0 Å². The highest BCUT2D eigenvalue weighted by atomic mass is 35.5. The fourth-order valence-corrected chi connectivity index (χ4v) is 3.82. The van der Waals surface area contributed by atoms with Crippen molar-refractivity contribution in [2.24, 2.45) is 0 Å². The summed E-state index contributed by atoms with van der Waals surface area (Å²) < 4.78 is 39.9. The Balaban J connectivity index is 2.05. The third kappa shape index (κ3) is 3.49. The highest BCUT2D eigenvalue weighted by molar-refractivity contribution is 7.89.